The molecule has 0 aliphatic heterocycles. The molecule has 0 bridgehead atoms. The minimum atomic E-state index is 0. The third-order valence-electron chi connectivity index (χ3n) is 9.18. The van der Waals surface area contributed by atoms with Gasteiger partial charge >= 0.3 is 0 Å². The normalized spacial score (nSPS) is 10.7. The third-order valence-corrected chi connectivity index (χ3v) is 9.18. The molecule has 0 saturated carbocycles. The summed E-state index contributed by atoms with van der Waals surface area (Å²) in [7, 11) is 0. The van der Waals surface area contributed by atoms with E-state index in [1.165, 1.54) is 27.5 Å². The van der Waals surface area contributed by atoms with Crippen LogP contribution in [0.1, 0.15) is 107 Å². The number of aromatic nitrogens is 2. The van der Waals surface area contributed by atoms with E-state index in [-0.39, 0.29) is 49.9 Å². The smallest absolute Gasteiger partial charge is 0.143 e. The number of carbonyl (C=O) groups is 2. The Labute approximate surface area is 321 Å². The molecule has 273 valence electrons. The van der Waals surface area contributed by atoms with Gasteiger partial charge in [0.15, 0.2) is 0 Å². The zero-order valence-electron chi connectivity index (χ0n) is 32.3. The van der Waals surface area contributed by atoms with E-state index in [1.54, 1.807) is 6.20 Å². The second kappa shape index (κ2) is 21.5. The van der Waals surface area contributed by atoms with Gasteiger partial charge in [-0.2, -0.15) is 0 Å². The molecule has 3 aromatic carbocycles. The number of hydrogen-bond acceptors (Lipinski definition) is 4. The number of nitrogens with zero attached hydrogens (tertiary/aromatic N) is 2. The molecule has 51 heavy (non-hydrogen) atoms. The molecule has 5 rings (SSSR count). The zero-order chi connectivity index (χ0) is 36.8. The Kier molecular flexibility index (Phi) is 18.3. The quantitative estimate of drug-likeness (QED) is 0.0980. The molecule has 2 heterocycles. The van der Waals surface area contributed by atoms with Crippen LogP contribution in [-0.2, 0) is 29.7 Å². The second-order valence-corrected chi connectivity index (χ2v) is 13.7. The number of benzene rings is 3. The van der Waals surface area contributed by atoms with Crippen LogP contribution >= 0.6 is 0 Å². The molecule has 0 aliphatic rings. The van der Waals surface area contributed by atoms with Crippen LogP contribution in [0.3, 0.4) is 0 Å². The van der Waals surface area contributed by atoms with E-state index < -0.39 is 0 Å². The summed E-state index contributed by atoms with van der Waals surface area (Å²) in [4.78, 5) is 32.4. The number of hydrogen-bond donors (Lipinski definition) is 0. The van der Waals surface area contributed by atoms with Crippen molar-refractivity contribution in [1.29, 1.82) is 0 Å². The fourth-order valence-electron chi connectivity index (χ4n) is 6.30. The van der Waals surface area contributed by atoms with Crippen LogP contribution < -0.4 is 0 Å². The van der Waals surface area contributed by atoms with Crippen LogP contribution in [0.5, 0.6) is 0 Å². The van der Waals surface area contributed by atoms with Gasteiger partial charge in [-0.25, -0.2) is 0 Å². The molecule has 4 nitrogen and oxygen atoms in total. The second-order valence-electron chi connectivity index (χ2n) is 13.7. The van der Waals surface area contributed by atoms with Gasteiger partial charge in [0.25, 0.3) is 0 Å². The molecule has 1 radical (unpaired) electrons. The van der Waals surface area contributed by atoms with Gasteiger partial charge in [-0.1, -0.05) is 99.6 Å². The van der Waals surface area contributed by atoms with E-state index in [2.05, 4.69) is 112 Å². The first-order valence-electron chi connectivity index (χ1n) is 18.3. The number of ketones is 2. The first-order chi connectivity index (χ1) is 23.9. The molecule has 0 spiro atoms. The van der Waals surface area contributed by atoms with E-state index in [4.69, 9.17) is 0 Å². The van der Waals surface area contributed by atoms with E-state index in [9.17, 15) is 9.59 Å². The van der Waals surface area contributed by atoms with E-state index in [1.807, 2.05) is 52.1 Å². The molecule has 5 aromatic rings. The van der Waals surface area contributed by atoms with Gasteiger partial charge in [-0.05, 0) is 71.5 Å². The number of Topliss-reactive ketones (excluding diaryl/α,β-unsaturated/α-hetero) is 2. The number of carbonyl (C=O) groups excluding carboxylic acids is 2. The van der Waals surface area contributed by atoms with Crippen LogP contribution in [0, 0.1) is 51.7 Å². The predicted molar refractivity (Wildman–Crippen MR) is 210 cm³/mol. The predicted octanol–water partition coefficient (Wildman–Crippen LogP) is 12.0. The van der Waals surface area contributed by atoms with Gasteiger partial charge in [0.05, 0.1) is 6.42 Å². The number of fused-ring (bicyclic) bond motifs is 1. The molecule has 5 heteroatoms. The fraction of sp³-hybridized carbons (Fsp3) is 0.391. The van der Waals surface area contributed by atoms with Crippen LogP contribution in [0.2, 0.25) is 0 Å². The summed E-state index contributed by atoms with van der Waals surface area (Å²) in [5.41, 5.74) is 10.3. The van der Waals surface area contributed by atoms with Crippen molar-refractivity contribution in [3.8, 4) is 22.5 Å². The Bertz CT molecular complexity index is 1780. The standard InChI is InChI=1S/C20H20N.C13H12N.C13H24O2.Ir/c1-13(2)16-5-6-19-17(12-16)7-8-21-20(19)18-10-14(3)9-15(4)11-18;1-10-7-11(2)9-12(8-10)13-5-3-4-6-14-13;1-5-10(6-2)12(14)9-13(15)11(7-3)8-4;/h5-10,12-13H,1-4H3;3-8H,1-2H3;10-11H,5-9H2,1-4H3;/q2*-1;;. The molecular formula is C46H56IrN2O2-2. The summed E-state index contributed by atoms with van der Waals surface area (Å²) in [5, 5.41) is 2.45. The van der Waals surface area contributed by atoms with Crippen molar-refractivity contribution in [3.63, 3.8) is 0 Å². The Morgan fingerprint density at radius 2 is 1.20 bits per heavy atom. The van der Waals surface area contributed by atoms with Crippen LogP contribution in [-0.4, -0.2) is 21.5 Å². The summed E-state index contributed by atoms with van der Waals surface area (Å²) >= 11 is 0. The number of aryl methyl sites for hydroxylation is 4. The van der Waals surface area contributed by atoms with Gasteiger partial charge in [0.1, 0.15) is 11.6 Å². The van der Waals surface area contributed by atoms with Crippen molar-refractivity contribution in [3.05, 3.63) is 119 Å². The van der Waals surface area contributed by atoms with Crippen molar-refractivity contribution in [2.75, 3.05) is 0 Å². The van der Waals surface area contributed by atoms with Gasteiger partial charge in [0, 0.05) is 44.3 Å². The summed E-state index contributed by atoms with van der Waals surface area (Å²) in [6, 6.07) is 29.9. The Hall–Kier alpha value is -3.79. The molecule has 0 saturated heterocycles. The summed E-state index contributed by atoms with van der Waals surface area (Å²) in [6.07, 6.45) is 7.26. The molecule has 0 atom stereocenters. The van der Waals surface area contributed by atoms with Crippen molar-refractivity contribution < 1.29 is 29.7 Å². The van der Waals surface area contributed by atoms with Crippen molar-refractivity contribution >= 4 is 22.3 Å². The summed E-state index contributed by atoms with van der Waals surface area (Å²) < 4.78 is 0. The van der Waals surface area contributed by atoms with E-state index >= 15 is 0 Å². The molecule has 0 N–H and O–H groups in total. The SMILES string of the molecule is CCC(CC)C(=O)CC(=O)C(CC)CC.Cc1[c-]c(-c2ccccn2)cc(C)c1.Cc1[c-]c(-c2nccc3cc(C(C)C)ccc23)cc(C)c1.[Ir]. The first-order valence-corrected chi connectivity index (χ1v) is 18.3. The maximum atomic E-state index is 11.7. The van der Waals surface area contributed by atoms with E-state index in [0.717, 1.165) is 59.3 Å². The van der Waals surface area contributed by atoms with Gasteiger partial charge in [-0.3, -0.25) is 9.59 Å². The molecule has 0 fully saturated rings. The van der Waals surface area contributed by atoms with E-state index in [0.29, 0.717) is 5.92 Å². The average Bonchev–Trinajstić information content (AvgIpc) is 3.09. The Morgan fingerprint density at radius 3 is 1.69 bits per heavy atom. The Morgan fingerprint density at radius 1 is 0.647 bits per heavy atom. The largest absolute Gasteiger partial charge is 0.305 e. The van der Waals surface area contributed by atoms with Gasteiger partial charge < -0.3 is 9.97 Å². The molecular weight excluding hydrogens is 805 g/mol. The number of pyridine rings is 2. The maximum Gasteiger partial charge on any atom is 0.143 e. The van der Waals surface area contributed by atoms with Crippen LogP contribution in [0.4, 0.5) is 0 Å². The van der Waals surface area contributed by atoms with Crippen LogP contribution in [0.25, 0.3) is 33.3 Å². The van der Waals surface area contributed by atoms with Gasteiger partial charge in [0.2, 0.25) is 0 Å². The van der Waals surface area contributed by atoms with Crippen molar-refractivity contribution in [2.45, 2.75) is 107 Å². The fourth-order valence-corrected chi connectivity index (χ4v) is 6.30. The van der Waals surface area contributed by atoms with Crippen LogP contribution in [0.15, 0.2) is 79.1 Å². The summed E-state index contributed by atoms with van der Waals surface area (Å²) in [6.45, 7) is 20.8. The molecule has 0 unspecified atom stereocenters. The Balaban J connectivity index is 0.000000271. The minimum absolute atomic E-state index is 0. The average molecular weight is 861 g/mol. The minimum Gasteiger partial charge on any atom is -0.305 e. The number of rotatable bonds is 11. The third kappa shape index (κ3) is 13.0. The first kappa shape index (κ1) is 43.4. The molecule has 0 aliphatic carbocycles. The monoisotopic (exact) mass is 861 g/mol. The van der Waals surface area contributed by atoms with Crippen molar-refractivity contribution in [2.24, 2.45) is 11.8 Å². The maximum absolute atomic E-state index is 11.7. The summed E-state index contributed by atoms with van der Waals surface area (Å²) in [5.74, 6) is 0.985. The zero-order valence-corrected chi connectivity index (χ0v) is 34.7. The van der Waals surface area contributed by atoms with Crippen molar-refractivity contribution in [1.82, 2.24) is 9.97 Å². The topological polar surface area (TPSA) is 59.9 Å². The molecule has 2 aromatic heterocycles. The molecule has 0 amide bonds. The van der Waals surface area contributed by atoms with Gasteiger partial charge in [-0.15, -0.1) is 69.8 Å².